The number of hydrogen-bond acceptors (Lipinski definition) is 8. The van der Waals surface area contributed by atoms with Crippen molar-refractivity contribution in [1.29, 1.82) is 0 Å². The van der Waals surface area contributed by atoms with Crippen LogP contribution in [0.1, 0.15) is 49.5 Å². The van der Waals surface area contributed by atoms with Crippen LogP contribution in [-0.4, -0.2) is 54.7 Å². The van der Waals surface area contributed by atoms with E-state index in [2.05, 4.69) is 33.9 Å². The molecule has 2 aromatic carbocycles. The van der Waals surface area contributed by atoms with E-state index in [-0.39, 0.29) is 18.4 Å². The number of methoxy groups -OCH3 is 3. The second-order valence-corrected chi connectivity index (χ2v) is 16.3. The van der Waals surface area contributed by atoms with E-state index >= 15 is 4.39 Å². The summed E-state index contributed by atoms with van der Waals surface area (Å²) in [6.07, 6.45) is -0.713. The highest BCUT2D eigenvalue weighted by atomic mass is 28.4. The molecule has 0 unspecified atom stereocenters. The van der Waals surface area contributed by atoms with Crippen molar-refractivity contribution in [3.8, 4) is 28.7 Å². The minimum atomic E-state index is -2.41. The Balaban J connectivity index is 1.78. The summed E-state index contributed by atoms with van der Waals surface area (Å²) in [4.78, 5) is 13.3. The highest BCUT2D eigenvalue weighted by molar-refractivity contribution is 6.74. The van der Waals surface area contributed by atoms with Crippen LogP contribution in [0, 0.1) is 5.92 Å². The predicted octanol–water partition coefficient (Wildman–Crippen LogP) is 5.53. The Morgan fingerprint density at radius 1 is 0.921 bits per heavy atom. The van der Waals surface area contributed by atoms with Gasteiger partial charge >= 0.3 is 5.97 Å². The Hall–Kier alpha value is -2.98. The first kappa shape index (κ1) is 26.6. The van der Waals surface area contributed by atoms with Crippen LogP contribution >= 0.6 is 0 Å². The molecule has 2 heterocycles. The molecular weight excluding hydrogens is 511 g/mol. The van der Waals surface area contributed by atoms with E-state index in [1.54, 1.807) is 18.2 Å². The summed E-state index contributed by atoms with van der Waals surface area (Å²) in [5.41, 5.74) is -0.589. The lowest BCUT2D eigenvalue weighted by molar-refractivity contribution is -0.150. The summed E-state index contributed by atoms with van der Waals surface area (Å²) in [5.74, 6) is -0.688. The van der Waals surface area contributed by atoms with Crippen molar-refractivity contribution in [3.63, 3.8) is 0 Å². The minimum absolute atomic E-state index is 0.0626. The Labute approximate surface area is 223 Å². The number of halogens is 1. The number of carbonyl (C=O) groups is 1. The zero-order valence-electron chi connectivity index (χ0n) is 23.1. The van der Waals surface area contributed by atoms with Crippen molar-refractivity contribution in [2.24, 2.45) is 5.92 Å². The zero-order chi connectivity index (χ0) is 27.6. The van der Waals surface area contributed by atoms with Crippen LogP contribution in [0.5, 0.6) is 28.7 Å². The van der Waals surface area contributed by atoms with Gasteiger partial charge in [-0.3, -0.25) is 0 Å². The van der Waals surface area contributed by atoms with E-state index in [4.69, 9.17) is 32.8 Å². The Kier molecular flexibility index (Phi) is 6.34. The Morgan fingerprint density at radius 3 is 2.03 bits per heavy atom. The highest BCUT2D eigenvalue weighted by Gasteiger charge is 2.66. The molecule has 4 atom stereocenters. The Morgan fingerprint density at radius 2 is 1.50 bits per heavy atom. The quantitative estimate of drug-likeness (QED) is 0.346. The predicted molar refractivity (Wildman–Crippen MR) is 140 cm³/mol. The molecule has 0 N–H and O–H groups in total. The lowest BCUT2D eigenvalue weighted by Gasteiger charge is -2.47. The largest absolute Gasteiger partial charge is 0.493 e. The SMILES string of the molecule is COc1cc([C@@H]2c3cc4c(cc3[C@H](O[Si](C)(C)C(C)(C)C)[C@H]3COC(=O)[C@]23F)OCO4)cc(OC)c1OC. The number of esters is 1. The van der Waals surface area contributed by atoms with Crippen molar-refractivity contribution in [2.45, 2.75) is 56.6 Å². The third kappa shape index (κ3) is 3.83. The maximum atomic E-state index is 17.6. The van der Waals surface area contributed by atoms with Gasteiger partial charge in [-0.1, -0.05) is 20.8 Å². The van der Waals surface area contributed by atoms with Crippen molar-refractivity contribution in [2.75, 3.05) is 34.7 Å². The fourth-order valence-electron chi connectivity index (χ4n) is 5.43. The normalized spacial score (nSPS) is 25.9. The summed E-state index contributed by atoms with van der Waals surface area (Å²) < 4.78 is 57.9. The lowest BCUT2D eigenvalue weighted by Crippen LogP contribution is -2.52. The van der Waals surface area contributed by atoms with Gasteiger partial charge in [0.2, 0.25) is 18.2 Å². The topological polar surface area (TPSA) is 81.7 Å². The molecule has 206 valence electrons. The minimum Gasteiger partial charge on any atom is -0.493 e. The van der Waals surface area contributed by atoms with Crippen molar-refractivity contribution in [3.05, 3.63) is 41.0 Å². The van der Waals surface area contributed by atoms with Gasteiger partial charge in [-0.15, -0.1) is 0 Å². The maximum Gasteiger partial charge on any atom is 0.345 e. The zero-order valence-corrected chi connectivity index (χ0v) is 24.1. The van der Waals surface area contributed by atoms with E-state index in [9.17, 15) is 4.79 Å². The van der Waals surface area contributed by atoms with E-state index in [0.717, 1.165) is 5.56 Å². The molecule has 10 heteroatoms. The van der Waals surface area contributed by atoms with Gasteiger partial charge in [-0.05, 0) is 59.1 Å². The first-order valence-corrected chi connectivity index (χ1v) is 15.6. The number of cyclic esters (lactones) is 1. The van der Waals surface area contributed by atoms with Crippen molar-refractivity contribution >= 4 is 14.3 Å². The maximum absolute atomic E-state index is 17.6. The van der Waals surface area contributed by atoms with Gasteiger partial charge in [0, 0.05) is 0 Å². The van der Waals surface area contributed by atoms with Crippen LogP contribution in [0.15, 0.2) is 24.3 Å². The van der Waals surface area contributed by atoms with Gasteiger partial charge in [0.1, 0.15) is 6.61 Å². The molecule has 2 aliphatic heterocycles. The van der Waals surface area contributed by atoms with Crippen LogP contribution in [0.3, 0.4) is 0 Å². The molecule has 8 nitrogen and oxygen atoms in total. The second-order valence-electron chi connectivity index (χ2n) is 11.5. The molecule has 0 amide bonds. The van der Waals surface area contributed by atoms with Crippen molar-refractivity contribution < 1.29 is 42.0 Å². The smallest absolute Gasteiger partial charge is 0.345 e. The van der Waals surface area contributed by atoms with E-state index in [0.29, 0.717) is 39.9 Å². The van der Waals surface area contributed by atoms with Crippen LogP contribution in [0.25, 0.3) is 0 Å². The van der Waals surface area contributed by atoms with Gasteiger partial charge in [-0.25, -0.2) is 9.18 Å². The lowest BCUT2D eigenvalue weighted by atomic mass is 9.64. The van der Waals surface area contributed by atoms with Gasteiger partial charge in [0.05, 0.1) is 39.3 Å². The van der Waals surface area contributed by atoms with Gasteiger partial charge < -0.3 is 32.8 Å². The van der Waals surface area contributed by atoms with Crippen LogP contribution in [-0.2, 0) is 14.0 Å². The number of carbonyl (C=O) groups excluding carboxylic acids is 1. The first-order chi connectivity index (χ1) is 17.9. The monoisotopic (exact) mass is 546 g/mol. The summed E-state index contributed by atoms with van der Waals surface area (Å²) >= 11 is 0. The van der Waals surface area contributed by atoms with Gasteiger partial charge in [0.25, 0.3) is 0 Å². The summed E-state index contributed by atoms with van der Waals surface area (Å²) in [6, 6.07) is 6.98. The molecule has 3 aliphatic rings. The molecule has 38 heavy (non-hydrogen) atoms. The second kappa shape index (κ2) is 9.05. The summed E-state index contributed by atoms with van der Waals surface area (Å²) in [6.45, 7) is 10.6. The average molecular weight is 547 g/mol. The molecule has 0 spiro atoms. The van der Waals surface area contributed by atoms with Gasteiger partial charge in [0.15, 0.2) is 31.3 Å². The number of fused-ring (bicyclic) bond motifs is 3. The van der Waals surface area contributed by atoms with Crippen LogP contribution in [0.4, 0.5) is 4.39 Å². The molecular formula is C28H35FO8Si. The third-order valence-corrected chi connectivity index (χ3v) is 12.9. The molecule has 0 aromatic heterocycles. The first-order valence-electron chi connectivity index (χ1n) is 12.6. The number of benzene rings is 2. The van der Waals surface area contributed by atoms with Gasteiger partial charge in [-0.2, -0.15) is 0 Å². The molecule has 1 aliphatic carbocycles. The van der Waals surface area contributed by atoms with E-state index in [1.165, 1.54) is 21.3 Å². The number of ether oxygens (including phenoxy) is 6. The fraction of sp³-hybridized carbons (Fsp3) is 0.536. The molecule has 2 aromatic rings. The Bertz CT molecular complexity index is 1250. The molecule has 1 fully saturated rings. The van der Waals surface area contributed by atoms with E-state index < -0.39 is 37.9 Å². The molecule has 5 rings (SSSR count). The standard InChI is InChI=1S/C28H35FO8Si/c1-27(2,3)38(7,8)37-24-17-12-20-19(35-14-36-20)11-16(17)23(28(29)18(24)13-34-26(28)30)15-9-21(31-4)25(33-6)22(10-15)32-5/h9-12,18,23-24H,13-14H2,1-8H3/t18-,23-,24+,28-/m1/s1. The molecule has 0 saturated carbocycles. The third-order valence-electron chi connectivity index (χ3n) is 8.48. The molecule has 0 bridgehead atoms. The van der Waals surface area contributed by atoms with E-state index in [1.807, 2.05) is 6.07 Å². The summed E-state index contributed by atoms with van der Waals surface area (Å²) in [7, 11) is 2.08. The fourth-order valence-corrected chi connectivity index (χ4v) is 6.71. The molecule has 1 saturated heterocycles. The van der Waals surface area contributed by atoms with Crippen molar-refractivity contribution in [1.82, 2.24) is 0 Å². The number of hydrogen-bond donors (Lipinski definition) is 0. The molecule has 0 radical (unpaired) electrons. The van der Waals surface area contributed by atoms with Crippen LogP contribution in [0.2, 0.25) is 18.1 Å². The number of rotatable bonds is 6. The highest BCUT2D eigenvalue weighted by Crippen LogP contribution is 2.61. The average Bonchev–Trinajstić information content (AvgIpc) is 3.44. The number of alkyl halides is 1. The summed E-state index contributed by atoms with van der Waals surface area (Å²) in [5, 5.41) is -0.139. The van der Waals surface area contributed by atoms with Crippen LogP contribution < -0.4 is 23.7 Å².